The molecule has 0 amide bonds. The second-order valence-corrected chi connectivity index (χ2v) is 5.44. The van der Waals surface area contributed by atoms with Crippen molar-refractivity contribution in [3.8, 4) is 11.5 Å². The number of para-hydroxylation sites is 1. The van der Waals surface area contributed by atoms with Crippen molar-refractivity contribution in [1.29, 1.82) is 0 Å². The van der Waals surface area contributed by atoms with Crippen molar-refractivity contribution in [1.82, 2.24) is 4.98 Å². The van der Waals surface area contributed by atoms with E-state index >= 15 is 0 Å². The van der Waals surface area contributed by atoms with Gasteiger partial charge in [-0.3, -0.25) is 4.99 Å². The molecule has 1 aromatic heterocycles. The molecule has 1 aromatic carbocycles. The van der Waals surface area contributed by atoms with Gasteiger partial charge >= 0.3 is 0 Å². The van der Waals surface area contributed by atoms with Crippen LogP contribution < -0.4 is 10.5 Å². The third kappa shape index (κ3) is 2.71. The highest BCUT2D eigenvalue weighted by Crippen LogP contribution is 2.50. The molecule has 1 atom stereocenters. The minimum absolute atomic E-state index is 0.332. The lowest BCUT2D eigenvalue weighted by Crippen LogP contribution is -2.42. The van der Waals surface area contributed by atoms with Crippen molar-refractivity contribution in [2.24, 2.45) is 10.7 Å². The molecule has 0 bridgehead atoms. The summed E-state index contributed by atoms with van der Waals surface area (Å²) in [6.45, 7) is 0.723. The molecule has 0 fully saturated rings. The van der Waals surface area contributed by atoms with Gasteiger partial charge in [-0.2, -0.15) is 0 Å². The molecule has 2 aromatic rings. The maximum absolute atomic E-state index is 6.06. The first-order valence-corrected chi connectivity index (χ1v) is 8.88. The number of hydrogen-bond donors (Lipinski definition) is 1. The topological polar surface area (TPSA) is 69.7 Å². The molecule has 120 valence electrons. The number of pyridine rings is 1. The molecule has 7 heteroatoms. The van der Waals surface area contributed by atoms with Gasteiger partial charge in [0.15, 0.2) is 5.75 Å². The van der Waals surface area contributed by atoms with Crippen LogP contribution in [0.3, 0.4) is 0 Å². The van der Waals surface area contributed by atoms with E-state index in [4.69, 9.17) is 31.8 Å². The van der Waals surface area contributed by atoms with Gasteiger partial charge in [0.25, 0.3) is 0 Å². The van der Waals surface area contributed by atoms with Gasteiger partial charge in [0.05, 0.1) is 12.8 Å². The number of benzene rings is 1. The first-order chi connectivity index (χ1) is 11.2. The lowest BCUT2D eigenvalue weighted by atomic mass is 9.81. The van der Waals surface area contributed by atoms with Crippen LogP contribution in [-0.4, -0.2) is 29.9 Å². The van der Waals surface area contributed by atoms with E-state index in [1.807, 2.05) is 30.1 Å². The van der Waals surface area contributed by atoms with Gasteiger partial charge in [0.2, 0.25) is 0 Å². The van der Waals surface area contributed by atoms with E-state index in [-0.39, 0.29) is 0 Å². The second kappa shape index (κ2) is 6.47. The summed E-state index contributed by atoms with van der Waals surface area (Å²) in [6.07, 6.45) is 1.61. The number of aromatic nitrogens is 1. The Hall–Kier alpha value is -1.63. The number of amidine groups is 1. The Morgan fingerprint density at radius 2 is 2.00 bits per heavy atom. The first kappa shape index (κ1) is 16.2. The molecule has 3 heterocycles. The molecule has 4 rings (SSSR count). The molecule has 2 N–H and O–H groups in total. The Labute approximate surface area is 147 Å². The minimum Gasteiger partial charge on any atom is -0.455 e. The van der Waals surface area contributed by atoms with E-state index in [0.717, 1.165) is 16.9 Å². The van der Waals surface area contributed by atoms with Crippen molar-refractivity contribution in [3.63, 3.8) is 0 Å². The lowest BCUT2D eigenvalue weighted by molar-refractivity contribution is 0.109. The average Bonchev–Trinajstić information content (AvgIpc) is 2.58. The largest absolute Gasteiger partial charge is 0.455 e. The standard InChI is InChI=1S/C15H12ClN3O2.CH3Br/c16-13-5-10-12(6-18-13)21-11-4-2-1-3-9(11)15(10)8-20-7-14(17)19-15;1-2/h1-6H,7-8H2,(H2,17,19);1H3. The van der Waals surface area contributed by atoms with Gasteiger partial charge in [-0.05, 0) is 18.0 Å². The number of aliphatic imine (C=N–C) groups is 1. The van der Waals surface area contributed by atoms with E-state index in [1.165, 1.54) is 0 Å². The molecule has 0 saturated carbocycles. The summed E-state index contributed by atoms with van der Waals surface area (Å²) in [4.78, 5) is 8.78. The highest BCUT2D eigenvalue weighted by atomic mass is 79.9. The lowest BCUT2D eigenvalue weighted by Gasteiger charge is -2.39. The number of ether oxygens (including phenoxy) is 2. The molecular formula is C16H15BrClN3O2. The average molecular weight is 397 g/mol. The van der Waals surface area contributed by atoms with Crippen LogP contribution in [0.4, 0.5) is 0 Å². The molecule has 0 aliphatic carbocycles. The predicted molar refractivity (Wildman–Crippen MR) is 93.8 cm³/mol. The van der Waals surface area contributed by atoms with Gasteiger partial charge < -0.3 is 15.2 Å². The maximum Gasteiger partial charge on any atom is 0.151 e. The summed E-state index contributed by atoms with van der Waals surface area (Å²) in [6, 6.07) is 9.49. The van der Waals surface area contributed by atoms with Crippen molar-refractivity contribution in [2.75, 3.05) is 19.0 Å². The fraction of sp³-hybridized carbons (Fsp3) is 0.250. The Morgan fingerprint density at radius 1 is 1.22 bits per heavy atom. The van der Waals surface area contributed by atoms with E-state index < -0.39 is 5.54 Å². The third-order valence-corrected chi connectivity index (χ3v) is 3.93. The number of halogens is 2. The summed E-state index contributed by atoms with van der Waals surface area (Å²) in [7, 11) is 0. The van der Waals surface area contributed by atoms with Gasteiger partial charge in [-0.25, -0.2) is 4.98 Å². The highest BCUT2D eigenvalue weighted by Gasteiger charge is 2.44. The van der Waals surface area contributed by atoms with Crippen LogP contribution in [0.15, 0.2) is 41.5 Å². The Balaban J connectivity index is 0.000000753. The number of rotatable bonds is 0. The van der Waals surface area contributed by atoms with Crippen LogP contribution in [0.2, 0.25) is 5.15 Å². The van der Waals surface area contributed by atoms with Crippen LogP contribution in [-0.2, 0) is 10.3 Å². The van der Waals surface area contributed by atoms with Crippen molar-refractivity contribution in [3.05, 3.63) is 52.8 Å². The molecular weight excluding hydrogens is 382 g/mol. The summed E-state index contributed by atoms with van der Waals surface area (Å²) in [5.41, 5.74) is 6.95. The van der Waals surface area contributed by atoms with E-state index in [1.54, 1.807) is 12.3 Å². The van der Waals surface area contributed by atoms with Gasteiger partial charge in [0, 0.05) is 11.1 Å². The molecule has 0 radical (unpaired) electrons. The summed E-state index contributed by atoms with van der Waals surface area (Å²) in [5.74, 6) is 3.63. The monoisotopic (exact) mass is 395 g/mol. The Morgan fingerprint density at radius 3 is 2.78 bits per heavy atom. The highest BCUT2D eigenvalue weighted by molar-refractivity contribution is 9.08. The molecule has 23 heavy (non-hydrogen) atoms. The Kier molecular flexibility index (Phi) is 4.57. The quantitative estimate of drug-likeness (QED) is 0.547. The predicted octanol–water partition coefficient (Wildman–Crippen LogP) is 3.48. The first-order valence-electron chi connectivity index (χ1n) is 6.92. The number of nitrogens with zero attached hydrogens (tertiary/aromatic N) is 2. The molecule has 2 aliphatic rings. The van der Waals surface area contributed by atoms with Crippen LogP contribution in [0, 0.1) is 0 Å². The summed E-state index contributed by atoms with van der Waals surface area (Å²) < 4.78 is 11.6. The van der Waals surface area contributed by atoms with Crippen molar-refractivity contribution >= 4 is 33.4 Å². The Bertz CT molecular complexity index is 769. The maximum atomic E-state index is 6.06. The van der Waals surface area contributed by atoms with E-state index in [2.05, 4.69) is 20.9 Å². The SMILES string of the molecule is CBr.NC1=NC2(COC1)c1ccccc1Oc1cnc(Cl)cc12. The minimum atomic E-state index is -0.723. The summed E-state index contributed by atoms with van der Waals surface area (Å²) >= 11 is 8.99. The fourth-order valence-corrected chi connectivity index (χ4v) is 3.03. The van der Waals surface area contributed by atoms with Gasteiger partial charge in [-0.1, -0.05) is 45.7 Å². The van der Waals surface area contributed by atoms with Crippen LogP contribution in [0.5, 0.6) is 11.5 Å². The number of alkyl halides is 1. The van der Waals surface area contributed by atoms with E-state index in [0.29, 0.717) is 30.0 Å². The second-order valence-electron chi connectivity index (χ2n) is 5.06. The van der Waals surface area contributed by atoms with Crippen LogP contribution >= 0.6 is 27.5 Å². The van der Waals surface area contributed by atoms with Crippen molar-refractivity contribution in [2.45, 2.75) is 5.54 Å². The summed E-state index contributed by atoms with van der Waals surface area (Å²) in [5, 5.41) is 0.385. The van der Waals surface area contributed by atoms with Crippen molar-refractivity contribution < 1.29 is 9.47 Å². The molecule has 0 saturated heterocycles. The zero-order valence-corrected chi connectivity index (χ0v) is 14.8. The molecule has 2 aliphatic heterocycles. The number of fused-ring (bicyclic) bond motifs is 4. The zero-order chi connectivity index (χ0) is 16.4. The van der Waals surface area contributed by atoms with Gasteiger partial charge in [-0.15, -0.1) is 0 Å². The molecule has 1 unspecified atom stereocenters. The molecule has 5 nitrogen and oxygen atoms in total. The fourth-order valence-electron chi connectivity index (χ4n) is 2.87. The number of hydrogen-bond acceptors (Lipinski definition) is 5. The normalized spacial score (nSPS) is 21.3. The third-order valence-electron chi connectivity index (χ3n) is 3.73. The van der Waals surface area contributed by atoms with E-state index in [9.17, 15) is 0 Å². The molecule has 1 spiro atoms. The number of nitrogens with two attached hydrogens (primary N) is 1. The smallest absolute Gasteiger partial charge is 0.151 e. The van der Waals surface area contributed by atoms with Crippen LogP contribution in [0.25, 0.3) is 0 Å². The zero-order valence-electron chi connectivity index (χ0n) is 12.4. The van der Waals surface area contributed by atoms with Gasteiger partial charge in [0.1, 0.15) is 28.9 Å². The van der Waals surface area contributed by atoms with Crippen LogP contribution in [0.1, 0.15) is 11.1 Å².